The predicted molar refractivity (Wildman–Crippen MR) is 71.6 cm³/mol. The molecule has 18 heavy (non-hydrogen) atoms. The summed E-state index contributed by atoms with van der Waals surface area (Å²) in [5.41, 5.74) is 0.0680. The van der Waals surface area contributed by atoms with Crippen molar-refractivity contribution in [2.24, 2.45) is 7.05 Å². The van der Waals surface area contributed by atoms with E-state index < -0.39 is 0 Å². The summed E-state index contributed by atoms with van der Waals surface area (Å²) in [7, 11) is 1.62. The van der Waals surface area contributed by atoms with E-state index in [-0.39, 0.29) is 11.5 Å². The first kappa shape index (κ1) is 12.5. The molecule has 0 spiro atoms. The molecule has 0 fully saturated rings. The van der Waals surface area contributed by atoms with Gasteiger partial charge in [-0.2, -0.15) is 0 Å². The van der Waals surface area contributed by atoms with Crippen LogP contribution in [0.2, 0.25) is 0 Å². The average molecular weight is 308 g/mol. The van der Waals surface area contributed by atoms with Gasteiger partial charge < -0.3 is 9.88 Å². The Kier molecular flexibility index (Phi) is 3.57. The van der Waals surface area contributed by atoms with Gasteiger partial charge in [0.05, 0.1) is 4.47 Å². The van der Waals surface area contributed by atoms with Gasteiger partial charge >= 0.3 is 0 Å². The van der Waals surface area contributed by atoms with Gasteiger partial charge in [0.2, 0.25) is 0 Å². The monoisotopic (exact) mass is 307 g/mol. The Bertz CT molecular complexity index is 652. The molecule has 5 nitrogen and oxygen atoms in total. The first-order chi connectivity index (χ1) is 8.58. The molecule has 2 heterocycles. The van der Waals surface area contributed by atoms with Crippen LogP contribution in [-0.2, 0) is 7.05 Å². The van der Waals surface area contributed by atoms with E-state index in [2.05, 4.69) is 26.2 Å². The molecule has 2 aromatic rings. The summed E-state index contributed by atoms with van der Waals surface area (Å²) in [5, 5.41) is 2.63. The lowest BCUT2D eigenvalue weighted by Crippen LogP contribution is -2.20. The maximum atomic E-state index is 11.9. The smallest absolute Gasteiger partial charge is 0.257 e. The molecule has 0 bridgehead atoms. The van der Waals surface area contributed by atoms with Crippen LogP contribution in [0.3, 0.4) is 0 Å². The van der Waals surface area contributed by atoms with Crippen LogP contribution < -0.4 is 10.9 Å². The molecule has 0 aliphatic carbocycles. The number of aryl methyl sites for hydroxylation is 1. The minimum absolute atomic E-state index is 0.234. The second-order valence-electron chi connectivity index (χ2n) is 3.65. The highest BCUT2D eigenvalue weighted by Gasteiger charge is 2.09. The van der Waals surface area contributed by atoms with Gasteiger partial charge in [-0.15, -0.1) is 0 Å². The quantitative estimate of drug-likeness (QED) is 0.920. The number of carbonyl (C=O) groups excluding carboxylic acids is 1. The molecule has 0 unspecified atom stereocenters. The topological polar surface area (TPSA) is 64.0 Å². The Labute approximate surface area is 112 Å². The van der Waals surface area contributed by atoms with E-state index in [1.165, 1.54) is 10.6 Å². The number of rotatable bonds is 2. The highest BCUT2D eigenvalue weighted by Crippen LogP contribution is 2.18. The minimum atomic E-state index is -0.368. The zero-order valence-electron chi connectivity index (χ0n) is 9.55. The number of hydrogen-bond acceptors (Lipinski definition) is 3. The van der Waals surface area contributed by atoms with Crippen molar-refractivity contribution in [3.8, 4) is 0 Å². The lowest BCUT2D eigenvalue weighted by Gasteiger charge is -2.06. The maximum Gasteiger partial charge on any atom is 0.257 e. The summed E-state index contributed by atoms with van der Waals surface area (Å²) in [4.78, 5) is 27.4. The summed E-state index contributed by atoms with van der Waals surface area (Å²) in [6, 6.07) is 6.38. The van der Waals surface area contributed by atoms with Gasteiger partial charge in [0.15, 0.2) is 0 Å². The summed E-state index contributed by atoms with van der Waals surface area (Å²) in [6.45, 7) is 0. The van der Waals surface area contributed by atoms with Crippen LogP contribution in [0.4, 0.5) is 5.82 Å². The van der Waals surface area contributed by atoms with Crippen LogP contribution >= 0.6 is 15.9 Å². The zero-order valence-corrected chi connectivity index (χ0v) is 11.1. The maximum absolute atomic E-state index is 11.9. The van der Waals surface area contributed by atoms with Gasteiger partial charge in [0.25, 0.3) is 11.5 Å². The third-order valence-electron chi connectivity index (χ3n) is 2.36. The number of anilines is 1. The number of carbonyl (C=O) groups is 1. The SMILES string of the molecule is Cn1ccc(C(=O)Nc2ncccc2Br)cc1=O. The fourth-order valence-corrected chi connectivity index (χ4v) is 1.70. The molecule has 0 atom stereocenters. The van der Waals surface area contributed by atoms with E-state index in [1.54, 1.807) is 37.6 Å². The normalized spacial score (nSPS) is 10.1. The second-order valence-corrected chi connectivity index (χ2v) is 4.51. The number of pyridine rings is 2. The number of hydrogen-bond donors (Lipinski definition) is 1. The Morgan fingerprint density at radius 1 is 1.44 bits per heavy atom. The van der Waals surface area contributed by atoms with Gasteiger partial charge in [-0.3, -0.25) is 9.59 Å². The fraction of sp³-hybridized carbons (Fsp3) is 0.0833. The number of aromatic nitrogens is 2. The van der Waals surface area contributed by atoms with E-state index in [4.69, 9.17) is 0 Å². The van der Waals surface area contributed by atoms with Crippen molar-refractivity contribution < 1.29 is 4.79 Å². The Morgan fingerprint density at radius 3 is 2.89 bits per heavy atom. The van der Waals surface area contributed by atoms with Crippen molar-refractivity contribution >= 4 is 27.7 Å². The minimum Gasteiger partial charge on any atom is -0.319 e. The summed E-state index contributed by atoms with van der Waals surface area (Å²) >= 11 is 3.28. The number of amides is 1. The molecule has 0 radical (unpaired) electrons. The highest BCUT2D eigenvalue weighted by molar-refractivity contribution is 9.10. The average Bonchev–Trinajstić information content (AvgIpc) is 2.35. The van der Waals surface area contributed by atoms with Crippen molar-refractivity contribution in [2.75, 3.05) is 5.32 Å². The standard InChI is InChI=1S/C12H10BrN3O2/c1-16-6-4-8(7-10(16)17)12(18)15-11-9(13)3-2-5-14-11/h2-7H,1H3,(H,14,15,18). The van der Waals surface area contributed by atoms with Gasteiger partial charge in [-0.25, -0.2) is 4.98 Å². The van der Waals surface area contributed by atoms with Crippen LogP contribution in [0.5, 0.6) is 0 Å². The Morgan fingerprint density at radius 2 is 2.22 bits per heavy atom. The van der Waals surface area contributed by atoms with Crippen molar-refractivity contribution in [3.05, 3.63) is 57.0 Å². The van der Waals surface area contributed by atoms with Crippen LogP contribution in [0, 0.1) is 0 Å². The van der Waals surface area contributed by atoms with Gasteiger partial charge in [-0.1, -0.05) is 0 Å². The highest BCUT2D eigenvalue weighted by atomic mass is 79.9. The van der Waals surface area contributed by atoms with E-state index >= 15 is 0 Å². The van der Waals surface area contributed by atoms with Gasteiger partial charge in [-0.05, 0) is 34.1 Å². The van der Waals surface area contributed by atoms with E-state index in [0.29, 0.717) is 15.9 Å². The number of nitrogens with one attached hydrogen (secondary N) is 1. The number of nitrogens with zero attached hydrogens (tertiary/aromatic N) is 2. The van der Waals surface area contributed by atoms with Crippen LogP contribution in [-0.4, -0.2) is 15.5 Å². The lowest BCUT2D eigenvalue weighted by atomic mass is 10.2. The Balaban J connectivity index is 2.25. The second kappa shape index (κ2) is 5.14. The zero-order chi connectivity index (χ0) is 13.1. The van der Waals surface area contributed by atoms with Crippen LogP contribution in [0.15, 0.2) is 45.9 Å². The first-order valence-corrected chi connectivity index (χ1v) is 5.96. The van der Waals surface area contributed by atoms with Gasteiger partial charge in [0.1, 0.15) is 5.82 Å². The molecular formula is C12H10BrN3O2. The summed E-state index contributed by atoms with van der Waals surface area (Å²) in [6.07, 6.45) is 3.12. The molecule has 2 aromatic heterocycles. The largest absolute Gasteiger partial charge is 0.319 e. The third-order valence-corrected chi connectivity index (χ3v) is 3.00. The summed E-state index contributed by atoms with van der Waals surface area (Å²) in [5.74, 6) is 0.0512. The van der Waals surface area contributed by atoms with Crippen molar-refractivity contribution in [3.63, 3.8) is 0 Å². The molecule has 0 saturated heterocycles. The lowest BCUT2D eigenvalue weighted by molar-refractivity contribution is 0.102. The molecule has 92 valence electrons. The van der Waals surface area contributed by atoms with E-state index in [1.807, 2.05) is 0 Å². The Hall–Kier alpha value is -1.95. The van der Waals surface area contributed by atoms with Crippen LogP contribution in [0.25, 0.3) is 0 Å². The third kappa shape index (κ3) is 2.65. The van der Waals surface area contributed by atoms with Crippen molar-refractivity contribution in [2.45, 2.75) is 0 Å². The molecule has 0 aliphatic rings. The number of halogens is 1. The van der Waals surface area contributed by atoms with Crippen molar-refractivity contribution in [1.82, 2.24) is 9.55 Å². The molecule has 1 amide bonds. The predicted octanol–water partition coefficient (Wildman–Crippen LogP) is 1.80. The fourth-order valence-electron chi connectivity index (χ4n) is 1.35. The van der Waals surface area contributed by atoms with Crippen molar-refractivity contribution in [1.29, 1.82) is 0 Å². The molecule has 1 N–H and O–H groups in total. The molecule has 0 aliphatic heterocycles. The molecule has 0 saturated carbocycles. The molecular weight excluding hydrogens is 298 g/mol. The molecule has 0 aromatic carbocycles. The van der Waals surface area contributed by atoms with Gasteiger partial charge in [0, 0.05) is 31.1 Å². The summed E-state index contributed by atoms with van der Waals surface area (Å²) < 4.78 is 2.08. The van der Waals surface area contributed by atoms with E-state index in [9.17, 15) is 9.59 Å². The van der Waals surface area contributed by atoms with E-state index in [0.717, 1.165) is 0 Å². The first-order valence-electron chi connectivity index (χ1n) is 5.16. The molecule has 2 rings (SSSR count). The van der Waals surface area contributed by atoms with Crippen LogP contribution in [0.1, 0.15) is 10.4 Å². The molecule has 6 heteroatoms.